The SMILES string of the molecule is C=C(C#N)C(O)(C(=O)OCC)c1ncnn1C(C)C. The maximum atomic E-state index is 12.0. The van der Waals surface area contributed by atoms with Gasteiger partial charge in [-0.05, 0) is 20.8 Å². The van der Waals surface area contributed by atoms with Crippen LogP contribution in [0.5, 0.6) is 0 Å². The summed E-state index contributed by atoms with van der Waals surface area (Å²) in [5, 5.41) is 23.4. The van der Waals surface area contributed by atoms with Crippen molar-refractivity contribution in [1.29, 1.82) is 5.26 Å². The molecule has 1 atom stereocenters. The summed E-state index contributed by atoms with van der Waals surface area (Å²) < 4.78 is 6.15. The maximum Gasteiger partial charge on any atom is 0.351 e. The molecule has 0 saturated heterocycles. The molecular weight excluding hydrogens is 248 g/mol. The zero-order chi connectivity index (χ0) is 14.6. The van der Waals surface area contributed by atoms with E-state index in [1.165, 1.54) is 11.0 Å². The van der Waals surface area contributed by atoms with Gasteiger partial charge in [-0.25, -0.2) is 14.5 Å². The zero-order valence-electron chi connectivity index (χ0n) is 11.1. The van der Waals surface area contributed by atoms with Gasteiger partial charge in [-0.15, -0.1) is 0 Å². The number of esters is 1. The van der Waals surface area contributed by atoms with E-state index in [9.17, 15) is 9.90 Å². The summed E-state index contributed by atoms with van der Waals surface area (Å²) in [5.41, 5.74) is -2.67. The van der Waals surface area contributed by atoms with Crippen LogP contribution in [0.25, 0.3) is 0 Å². The number of hydrogen-bond acceptors (Lipinski definition) is 6. The largest absolute Gasteiger partial charge is 0.463 e. The van der Waals surface area contributed by atoms with Crippen molar-refractivity contribution in [2.45, 2.75) is 32.4 Å². The number of rotatable bonds is 5. The minimum atomic E-state index is -2.31. The molecular formula is C12H16N4O3. The third-order valence-electron chi connectivity index (χ3n) is 2.53. The lowest BCUT2D eigenvalue weighted by Gasteiger charge is -2.25. The van der Waals surface area contributed by atoms with Crippen LogP contribution in [0.15, 0.2) is 18.5 Å². The van der Waals surface area contributed by atoms with Gasteiger partial charge in [0.25, 0.3) is 5.60 Å². The molecule has 19 heavy (non-hydrogen) atoms. The molecule has 0 spiro atoms. The van der Waals surface area contributed by atoms with Gasteiger partial charge in [0, 0.05) is 6.04 Å². The molecule has 1 N–H and O–H groups in total. The molecule has 7 nitrogen and oxygen atoms in total. The predicted octanol–water partition coefficient (Wildman–Crippen LogP) is 0.689. The van der Waals surface area contributed by atoms with Crippen LogP contribution in [0.2, 0.25) is 0 Å². The number of aliphatic hydroxyl groups is 1. The van der Waals surface area contributed by atoms with Gasteiger partial charge < -0.3 is 9.84 Å². The minimum Gasteiger partial charge on any atom is -0.463 e. The Morgan fingerprint density at radius 1 is 1.74 bits per heavy atom. The number of carbonyl (C=O) groups is 1. The smallest absolute Gasteiger partial charge is 0.351 e. The first-order valence-electron chi connectivity index (χ1n) is 5.78. The van der Waals surface area contributed by atoms with E-state index >= 15 is 0 Å². The van der Waals surface area contributed by atoms with Crippen molar-refractivity contribution in [3.8, 4) is 6.07 Å². The fourth-order valence-corrected chi connectivity index (χ4v) is 1.55. The van der Waals surface area contributed by atoms with Gasteiger partial charge in [-0.3, -0.25) is 0 Å². The highest BCUT2D eigenvalue weighted by Crippen LogP contribution is 2.29. The summed E-state index contributed by atoms with van der Waals surface area (Å²) in [7, 11) is 0. The van der Waals surface area contributed by atoms with Crippen molar-refractivity contribution >= 4 is 5.97 Å². The molecule has 1 aromatic heterocycles. The number of aromatic nitrogens is 3. The maximum absolute atomic E-state index is 12.0. The van der Waals surface area contributed by atoms with Gasteiger partial charge in [0.2, 0.25) is 0 Å². The molecule has 0 aliphatic rings. The molecule has 7 heteroatoms. The van der Waals surface area contributed by atoms with Crippen LogP contribution >= 0.6 is 0 Å². The second kappa shape index (κ2) is 5.63. The van der Waals surface area contributed by atoms with Crippen molar-refractivity contribution in [2.75, 3.05) is 6.61 Å². The monoisotopic (exact) mass is 264 g/mol. The Labute approximate surface area is 111 Å². The fraction of sp³-hybridized carbons (Fsp3) is 0.500. The first-order chi connectivity index (χ1) is 8.89. The van der Waals surface area contributed by atoms with Crippen LogP contribution < -0.4 is 0 Å². The van der Waals surface area contributed by atoms with Crippen LogP contribution in [-0.4, -0.2) is 32.4 Å². The standard InChI is InChI=1S/C12H16N4O3/c1-5-19-11(17)12(18,9(4)6-13)10-14-7-15-16(10)8(2)3/h7-8,18H,4-5H2,1-3H3. The third kappa shape index (κ3) is 2.48. The summed E-state index contributed by atoms with van der Waals surface area (Å²) in [6.45, 7) is 8.68. The first kappa shape index (κ1) is 14.9. The van der Waals surface area contributed by atoms with Gasteiger partial charge in [0.15, 0.2) is 5.82 Å². The van der Waals surface area contributed by atoms with E-state index in [1.54, 1.807) is 26.8 Å². The van der Waals surface area contributed by atoms with Crippen LogP contribution in [0, 0.1) is 11.3 Å². The van der Waals surface area contributed by atoms with E-state index in [-0.39, 0.29) is 24.0 Å². The molecule has 1 aromatic rings. The minimum absolute atomic E-state index is 0.0651. The Morgan fingerprint density at radius 3 is 2.84 bits per heavy atom. The van der Waals surface area contributed by atoms with Crippen LogP contribution in [-0.2, 0) is 15.1 Å². The van der Waals surface area contributed by atoms with Crippen molar-refractivity contribution in [2.24, 2.45) is 0 Å². The molecule has 0 amide bonds. The molecule has 0 saturated carbocycles. The number of nitriles is 1. The molecule has 0 aliphatic carbocycles. The van der Waals surface area contributed by atoms with Gasteiger partial charge in [0.05, 0.1) is 18.2 Å². The summed E-state index contributed by atoms with van der Waals surface area (Å²) in [6, 6.07) is 1.52. The summed E-state index contributed by atoms with van der Waals surface area (Å²) >= 11 is 0. The topological polar surface area (TPSA) is 101 Å². The molecule has 0 bridgehead atoms. The second-order valence-corrected chi connectivity index (χ2v) is 4.14. The Morgan fingerprint density at radius 2 is 2.37 bits per heavy atom. The average Bonchev–Trinajstić information content (AvgIpc) is 2.86. The van der Waals surface area contributed by atoms with E-state index in [0.717, 1.165) is 0 Å². The average molecular weight is 264 g/mol. The van der Waals surface area contributed by atoms with Gasteiger partial charge in [0.1, 0.15) is 6.33 Å². The summed E-state index contributed by atoms with van der Waals surface area (Å²) in [6.07, 6.45) is 1.20. The molecule has 0 radical (unpaired) electrons. The Hall–Kier alpha value is -2.20. The van der Waals surface area contributed by atoms with Crippen LogP contribution in [0.1, 0.15) is 32.6 Å². The highest BCUT2D eigenvalue weighted by Gasteiger charge is 2.47. The van der Waals surface area contributed by atoms with Crippen molar-refractivity contribution < 1.29 is 14.6 Å². The van der Waals surface area contributed by atoms with E-state index in [1.807, 2.05) is 0 Å². The molecule has 1 rings (SSSR count). The first-order valence-corrected chi connectivity index (χ1v) is 5.78. The van der Waals surface area contributed by atoms with Gasteiger partial charge in [-0.1, -0.05) is 6.58 Å². The van der Waals surface area contributed by atoms with E-state index in [2.05, 4.69) is 16.7 Å². The lowest BCUT2D eigenvalue weighted by molar-refractivity contribution is -0.162. The van der Waals surface area contributed by atoms with Gasteiger partial charge in [-0.2, -0.15) is 10.4 Å². The van der Waals surface area contributed by atoms with Crippen molar-refractivity contribution in [1.82, 2.24) is 14.8 Å². The van der Waals surface area contributed by atoms with Gasteiger partial charge >= 0.3 is 5.97 Å². The van der Waals surface area contributed by atoms with E-state index in [4.69, 9.17) is 10.00 Å². The Balaban J connectivity index is 3.40. The molecule has 0 aromatic carbocycles. The number of nitrogens with zero attached hydrogens (tertiary/aromatic N) is 4. The molecule has 0 fully saturated rings. The molecule has 1 heterocycles. The lowest BCUT2D eigenvalue weighted by atomic mass is 9.94. The number of ether oxygens (including phenoxy) is 1. The predicted molar refractivity (Wildman–Crippen MR) is 65.7 cm³/mol. The number of carbonyl (C=O) groups excluding carboxylic acids is 1. The molecule has 0 aliphatic heterocycles. The highest BCUT2D eigenvalue weighted by molar-refractivity contribution is 5.85. The summed E-state index contributed by atoms with van der Waals surface area (Å²) in [4.78, 5) is 15.8. The van der Waals surface area contributed by atoms with Crippen LogP contribution in [0.3, 0.4) is 0 Å². The summed E-state index contributed by atoms with van der Waals surface area (Å²) in [5.74, 6) is -1.07. The van der Waals surface area contributed by atoms with E-state index < -0.39 is 11.6 Å². The normalized spacial score (nSPS) is 13.7. The number of hydrogen-bond donors (Lipinski definition) is 1. The molecule has 1 unspecified atom stereocenters. The Bertz CT molecular complexity index is 529. The fourth-order valence-electron chi connectivity index (χ4n) is 1.55. The lowest BCUT2D eigenvalue weighted by Crippen LogP contribution is -2.41. The molecule has 102 valence electrons. The van der Waals surface area contributed by atoms with E-state index in [0.29, 0.717) is 0 Å². The highest BCUT2D eigenvalue weighted by atomic mass is 16.5. The third-order valence-corrected chi connectivity index (χ3v) is 2.53. The van der Waals surface area contributed by atoms with Crippen molar-refractivity contribution in [3.05, 3.63) is 24.3 Å². The van der Waals surface area contributed by atoms with Crippen molar-refractivity contribution in [3.63, 3.8) is 0 Å². The quantitative estimate of drug-likeness (QED) is 0.620. The zero-order valence-corrected chi connectivity index (χ0v) is 11.1. The van der Waals surface area contributed by atoms with Crippen LogP contribution in [0.4, 0.5) is 0 Å². The second-order valence-electron chi connectivity index (χ2n) is 4.14. The Kier molecular flexibility index (Phi) is 4.40.